The molecule has 0 aromatic heterocycles. The van der Waals surface area contributed by atoms with E-state index in [9.17, 15) is 0 Å². The van der Waals surface area contributed by atoms with Gasteiger partial charge in [0.15, 0.2) is 0 Å². The van der Waals surface area contributed by atoms with Gasteiger partial charge in [-0.1, -0.05) is 0 Å². The second-order valence-corrected chi connectivity index (χ2v) is 4.72. The van der Waals surface area contributed by atoms with Crippen molar-refractivity contribution in [2.75, 3.05) is 18.1 Å². The minimum Gasteiger partial charge on any atom is -0.275 e. The minimum absolute atomic E-state index is 0.499. The molecule has 0 N–H and O–H groups in total. The maximum absolute atomic E-state index is 4.50. The summed E-state index contributed by atoms with van der Waals surface area (Å²) in [5, 5.41) is 2.36. The summed E-state index contributed by atoms with van der Waals surface area (Å²) >= 11 is 3.69. The lowest BCUT2D eigenvalue weighted by Crippen LogP contribution is -2.00. The highest BCUT2D eigenvalue weighted by Crippen LogP contribution is 2.25. The largest absolute Gasteiger partial charge is 0.275 e. The van der Waals surface area contributed by atoms with E-state index < -0.39 is 0 Å². The Morgan fingerprint density at radius 1 is 1.36 bits per heavy atom. The summed E-state index contributed by atoms with van der Waals surface area (Å²) in [7, 11) is 0. The Kier molecular flexibility index (Phi) is 2.23. The van der Waals surface area contributed by atoms with Gasteiger partial charge in [0, 0.05) is 18.1 Å². The first-order valence-corrected chi connectivity index (χ1v) is 5.71. The van der Waals surface area contributed by atoms with Crippen LogP contribution in [0.5, 0.6) is 0 Å². The maximum atomic E-state index is 4.50. The van der Waals surface area contributed by atoms with Crippen molar-refractivity contribution in [3.63, 3.8) is 0 Å². The van der Waals surface area contributed by atoms with Crippen LogP contribution in [-0.2, 0) is 0 Å². The molecule has 60 valence electrons. The molecule has 1 atom stereocenters. The molecular formula is C7H10N2S2. The Hall–Kier alpha value is 0.0400. The molecule has 4 heteroatoms. The molecule has 0 amide bonds. The first-order chi connectivity index (χ1) is 5.36. The van der Waals surface area contributed by atoms with Gasteiger partial charge in [0.25, 0.3) is 0 Å². The Balaban J connectivity index is 2.10. The number of thioether (sulfide) groups is 2. The summed E-state index contributed by atoms with van der Waals surface area (Å²) in [4.78, 5) is 8.88. The van der Waals surface area contributed by atoms with E-state index in [4.69, 9.17) is 0 Å². The van der Waals surface area contributed by atoms with E-state index in [2.05, 4.69) is 16.9 Å². The molecule has 0 fully saturated rings. The fourth-order valence-corrected chi connectivity index (χ4v) is 3.06. The van der Waals surface area contributed by atoms with Gasteiger partial charge in [-0.25, -0.2) is 0 Å². The predicted molar refractivity (Wildman–Crippen MR) is 54.1 cm³/mol. The molecule has 2 nitrogen and oxygen atoms in total. The summed E-state index contributed by atoms with van der Waals surface area (Å²) in [5.74, 6) is 2.28. The molecule has 2 heterocycles. The van der Waals surface area contributed by atoms with Crippen molar-refractivity contribution < 1.29 is 0 Å². The third kappa shape index (κ3) is 1.62. The van der Waals surface area contributed by atoms with Crippen LogP contribution < -0.4 is 0 Å². The smallest absolute Gasteiger partial charge is 0.123 e. The fourth-order valence-electron chi connectivity index (χ4n) is 1.06. The Labute approximate surface area is 75.0 Å². The zero-order chi connectivity index (χ0) is 7.68. The van der Waals surface area contributed by atoms with Gasteiger partial charge in [0.1, 0.15) is 10.1 Å². The highest BCUT2D eigenvalue weighted by molar-refractivity contribution is 8.25. The summed E-state index contributed by atoms with van der Waals surface area (Å²) < 4.78 is 0. The summed E-state index contributed by atoms with van der Waals surface area (Å²) in [5.41, 5.74) is 0. The molecule has 2 rings (SSSR count). The van der Waals surface area contributed by atoms with Crippen molar-refractivity contribution in [1.29, 1.82) is 0 Å². The molecule has 11 heavy (non-hydrogen) atoms. The zero-order valence-electron chi connectivity index (χ0n) is 6.41. The van der Waals surface area contributed by atoms with Crippen LogP contribution in [0.25, 0.3) is 0 Å². The number of aliphatic imine (C=N–C) groups is 2. The lowest BCUT2D eigenvalue weighted by atomic mass is 10.4. The van der Waals surface area contributed by atoms with Gasteiger partial charge < -0.3 is 0 Å². The van der Waals surface area contributed by atoms with E-state index in [0.717, 1.165) is 18.1 Å². The van der Waals surface area contributed by atoms with Crippen LogP contribution >= 0.6 is 23.5 Å². The van der Waals surface area contributed by atoms with E-state index in [0.29, 0.717) is 6.04 Å². The van der Waals surface area contributed by atoms with Crippen molar-refractivity contribution >= 4 is 33.6 Å². The van der Waals surface area contributed by atoms with Crippen LogP contribution in [-0.4, -0.2) is 34.2 Å². The lowest BCUT2D eigenvalue weighted by molar-refractivity contribution is 0.866. The van der Waals surface area contributed by atoms with Crippen LogP contribution in [0, 0.1) is 0 Å². The fraction of sp³-hybridized carbons (Fsp3) is 0.714. The standard InChI is InChI=1S/C7H10N2S2/c1-5-4-11-7(9-5)6-8-2-3-10-6/h5H,2-4H2,1H3. The van der Waals surface area contributed by atoms with Crippen LogP contribution in [0.15, 0.2) is 9.98 Å². The van der Waals surface area contributed by atoms with Gasteiger partial charge in [-0.05, 0) is 6.92 Å². The van der Waals surface area contributed by atoms with Crippen molar-refractivity contribution in [1.82, 2.24) is 0 Å². The maximum Gasteiger partial charge on any atom is 0.123 e. The zero-order valence-corrected chi connectivity index (χ0v) is 8.04. The van der Waals surface area contributed by atoms with E-state index in [-0.39, 0.29) is 0 Å². The lowest BCUT2D eigenvalue weighted by Gasteiger charge is -1.94. The first-order valence-electron chi connectivity index (χ1n) is 3.74. The second kappa shape index (κ2) is 3.19. The number of hydrogen-bond donors (Lipinski definition) is 0. The van der Waals surface area contributed by atoms with Crippen LogP contribution in [0.2, 0.25) is 0 Å². The number of hydrogen-bond acceptors (Lipinski definition) is 4. The topological polar surface area (TPSA) is 24.7 Å². The molecule has 2 aliphatic rings. The van der Waals surface area contributed by atoms with Crippen molar-refractivity contribution in [2.24, 2.45) is 9.98 Å². The molecule has 2 aliphatic heterocycles. The third-order valence-electron chi connectivity index (χ3n) is 1.57. The van der Waals surface area contributed by atoms with Gasteiger partial charge in [-0.15, -0.1) is 23.5 Å². The third-order valence-corrected chi connectivity index (χ3v) is 3.90. The Morgan fingerprint density at radius 2 is 2.27 bits per heavy atom. The van der Waals surface area contributed by atoms with Crippen LogP contribution in [0.1, 0.15) is 6.92 Å². The first kappa shape index (κ1) is 7.68. The number of nitrogens with zero attached hydrogens (tertiary/aromatic N) is 2. The summed E-state index contributed by atoms with van der Waals surface area (Å²) in [6, 6.07) is 0.499. The molecule has 0 aliphatic carbocycles. The molecule has 0 saturated heterocycles. The Bertz CT molecular complexity index is 222. The molecule has 0 bridgehead atoms. The Morgan fingerprint density at radius 3 is 2.82 bits per heavy atom. The molecule has 0 spiro atoms. The van der Waals surface area contributed by atoms with Crippen molar-refractivity contribution in [3.8, 4) is 0 Å². The van der Waals surface area contributed by atoms with Crippen molar-refractivity contribution in [2.45, 2.75) is 13.0 Å². The monoisotopic (exact) mass is 186 g/mol. The second-order valence-electron chi connectivity index (χ2n) is 2.63. The van der Waals surface area contributed by atoms with Gasteiger partial charge >= 0.3 is 0 Å². The van der Waals surface area contributed by atoms with Gasteiger partial charge in [0.2, 0.25) is 0 Å². The quantitative estimate of drug-likeness (QED) is 0.622. The summed E-state index contributed by atoms with van der Waals surface area (Å²) in [6.45, 7) is 3.13. The van der Waals surface area contributed by atoms with Gasteiger partial charge in [-0.3, -0.25) is 9.98 Å². The highest BCUT2D eigenvalue weighted by atomic mass is 32.2. The average molecular weight is 186 g/mol. The SMILES string of the molecule is CC1CSC(C2=NCCS2)=N1. The molecule has 0 aromatic carbocycles. The average Bonchev–Trinajstić information content (AvgIpc) is 2.55. The molecular weight excluding hydrogens is 176 g/mol. The van der Waals surface area contributed by atoms with Crippen LogP contribution in [0.3, 0.4) is 0 Å². The van der Waals surface area contributed by atoms with Crippen molar-refractivity contribution in [3.05, 3.63) is 0 Å². The van der Waals surface area contributed by atoms with E-state index in [1.54, 1.807) is 0 Å². The van der Waals surface area contributed by atoms with E-state index in [1.807, 2.05) is 23.5 Å². The minimum atomic E-state index is 0.499. The van der Waals surface area contributed by atoms with E-state index in [1.165, 1.54) is 10.1 Å². The molecule has 0 aromatic rings. The number of rotatable bonds is 1. The summed E-state index contributed by atoms with van der Waals surface area (Å²) in [6.07, 6.45) is 0. The van der Waals surface area contributed by atoms with Gasteiger partial charge in [-0.2, -0.15) is 0 Å². The van der Waals surface area contributed by atoms with Crippen LogP contribution in [0.4, 0.5) is 0 Å². The van der Waals surface area contributed by atoms with E-state index >= 15 is 0 Å². The molecule has 0 saturated carbocycles. The molecule has 0 radical (unpaired) electrons. The highest BCUT2D eigenvalue weighted by Gasteiger charge is 2.20. The van der Waals surface area contributed by atoms with Gasteiger partial charge in [0.05, 0.1) is 6.04 Å². The normalized spacial score (nSPS) is 30.5. The molecule has 1 unspecified atom stereocenters. The predicted octanol–water partition coefficient (Wildman–Crippen LogP) is 1.67.